The fourth-order valence-electron chi connectivity index (χ4n) is 11.7. The van der Waals surface area contributed by atoms with Crippen molar-refractivity contribution in [3.8, 4) is 5.75 Å². The molecule has 0 bridgehead atoms. The van der Waals surface area contributed by atoms with Gasteiger partial charge in [-0.15, -0.1) is 0 Å². The normalized spacial score (nSPS) is 10.9. The van der Waals surface area contributed by atoms with E-state index in [1.807, 2.05) is 37.3 Å². The van der Waals surface area contributed by atoms with Crippen LogP contribution >= 0.6 is 78.1 Å². The first-order valence-corrected chi connectivity index (χ1v) is 42.9. The molecule has 0 saturated heterocycles. The number of rotatable bonds is 14. The van der Waals surface area contributed by atoms with Crippen LogP contribution in [-0.4, -0.2) is 13.9 Å². The smallest absolute Gasteiger partial charge is 0.375 e. The summed E-state index contributed by atoms with van der Waals surface area (Å²) in [5.41, 5.74) is -4.37. The molecule has 0 N–H and O–H groups in total. The Bertz CT molecular complexity index is 4680. The Balaban J connectivity index is 0.000000141. The molecule has 0 radical (unpaired) electrons. The quantitative estimate of drug-likeness (QED) is 0.0472. The fourth-order valence-corrected chi connectivity index (χ4v) is 22.3. The minimum absolute atomic E-state index is 0. The van der Waals surface area contributed by atoms with Crippen LogP contribution in [0.4, 0.5) is 13.2 Å². The van der Waals surface area contributed by atoms with Crippen LogP contribution in [0.1, 0.15) is 5.56 Å². The van der Waals surface area contributed by atoms with E-state index in [9.17, 15) is 21.6 Å². The zero-order valence-electron chi connectivity index (χ0n) is 59.3. The third-order valence-electron chi connectivity index (χ3n) is 16.7. The van der Waals surface area contributed by atoms with E-state index in [0.717, 1.165) is 22.4 Å². The second kappa shape index (κ2) is 42.5. The number of hydrogen-bond acceptors (Lipinski definition) is 3. The molecule has 0 saturated carbocycles. The van der Waals surface area contributed by atoms with Gasteiger partial charge in [0.05, 0.1) is 20.1 Å². The van der Waals surface area contributed by atoms with Gasteiger partial charge in [0, 0.05) is 31.2 Å². The predicted molar refractivity (Wildman–Crippen MR) is 469 cm³/mol. The van der Waals surface area contributed by atoms with Gasteiger partial charge in [-0.05, 0) is 137 Å². The first kappa shape index (κ1) is 83.6. The van der Waals surface area contributed by atoms with Crippen molar-refractivity contribution in [2.45, 2.75) is 12.4 Å². The van der Waals surface area contributed by atoms with Gasteiger partial charge in [-0.25, -0.2) is 0 Å². The Morgan fingerprint density at radius 1 is 0.255 bits per heavy atom. The van der Waals surface area contributed by atoms with E-state index in [4.69, 9.17) is 46.4 Å². The minimum Gasteiger partial charge on any atom is -0.375 e. The summed E-state index contributed by atoms with van der Waals surface area (Å²) in [5.74, 6) is -0.535. The maximum atomic E-state index is 12.3. The van der Waals surface area contributed by atoms with E-state index >= 15 is 0 Å². The molecule has 0 atom stereocenters. The molecule has 0 spiro atoms. The number of halogens is 7. The van der Waals surface area contributed by atoms with Crippen molar-refractivity contribution in [3.63, 3.8) is 0 Å². The third kappa shape index (κ3) is 23.1. The average molecular weight is 1710 g/mol. The molecule has 0 aromatic heterocycles. The molecule has 16 aromatic carbocycles. The van der Waals surface area contributed by atoms with Crippen molar-refractivity contribution >= 4 is 173 Å². The summed E-state index contributed by atoms with van der Waals surface area (Å²) in [6.07, 6.45) is 0. The van der Waals surface area contributed by atoms with Crippen LogP contribution in [0.15, 0.2) is 425 Å². The number of aryl methyl sites for hydroxylation is 1. The first-order chi connectivity index (χ1) is 53.1. The molecule has 0 aliphatic carbocycles. The maximum absolute atomic E-state index is 12.3. The molecule has 0 heterocycles. The van der Waals surface area contributed by atoms with Crippen LogP contribution in [-0.2, 0) is 30.5 Å². The van der Waals surface area contributed by atoms with Crippen LogP contribution in [0, 0.1) is 6.92 Å². The van der Waals surface area contributed by atoms with Gasteiger partial charge in [0.15, 0.2) is 5.75 Å². The van der Waals surface area contributed by atoms with E-state index in [1.54, 1.807) is 0 Å². The van der Waals surface area contributed by atoms with Gasteiger partial charge in [-0.2, -0.15) is 21.6 Å². The number of alkyl halides is 3. The summed E-state index contributed by atoms with van der Waals surface area (Å²) >= 11 is 23.7. The van der Waals surface area contributed by atoms with E-state index in [2.05, 4.69) is 368 Å². The molecule has 0 aliphatic rings. The van der Waals surface area contributed by atoms with Crippen LogP contribution in [0.2, 0.25) is 20.1 Å². The first-order valence-electron chi connectivity index (χ1n) is 34.7. The molecule has 16 heteroatoms. The van der Waals surface area contributed by atoms with Crippen molar-refractivity contribution in [3.05, 3.63) is 450 Å². The molecular weight excluding hydrogens is 1640 g/mol. The Morgan fingerprint density at radius 3 is 0.655 bits per heavy atom. The van der Waals surface area contributed by atoms with Crippen molar-refractivity contribution < 1.29 is 46.2 Å². The summed E-state index contributed by atoms with van der Waals surface area (Å²) in [7, 11) is -7.56. The third-order valence-corrected chi connectivity index (χ3v) is 29.0. The van der Waals surface area contributed by atoms with Gasteiger partial charge in [0.2, 0.25) is 0 Å². The summed E-state index contributed by atoms with van der Waals surface area (Å²) in [5, 5.41) is 20.6. The molecule has 110 heavy (non-hydrogen) atoms. The average Bonchev–Trinajstić information content (AvgIpc) is 0.775. The van der Waals surface area contributed by atoms with E-state index in [0.29, 0.717) is 15.4 Å². The topological polar surface area (TPSA) is 43.4 Å². The molecule has 3 nitrogen and oxygen atoms in total. The number of benzene rings is 16. The Kier molecular flexibility index (Phi) is 32.3. The molecule has 16 aromatic rings. The second-order valence-corrected chi connectivity index (χ2v) is 36.1. The van der Waals surface area contributed by atoms with Crippen molar-refractivity contribution in [1.82, 2.24) is 0 Å². The van der Waals surface area contributed by atoms with Gasteiger partial charge in [-0.1, -0.05) is 453 Å². The van der Waals surface area contributed by atoms with Crippen molar-refractivity contribution in [1.29, 1.82) is 0 Å². The van der Waals surface area contributed by atoms with E-state index in [-0.39, 0.29) is 35.9 Å². The van der Waals surface area contributed by atoms with Crippen LogP contribution < -0.4 is 67.8 Å². The van der Waals surface area contributed by atoms with E-state index in [1.165, 1.54) is 87.9 Å². The van der Waals surface area contributed by atoms with Gasteiger partial charge in [0.1, 0.15) is 0 Å². The Hall–Kier alpha value is -8.88. The monoisotopic (exact) mass is 1710 g/mol. The molecule has 0 fully saturated rings. The zero-order chi connectivity index (χ0) is 76.2. The standard InChI is InChI=1S/4C18H15P.C11H5Cl2F3O3S.C11H8Cl2.Pd/c4*1-4-10-16(11-5-1)19(17-12-6-2-7-13-17)18-14-8-3-9-15-18;12-7-5-4-6-2-1-3-8(9(6)10(7)13)19-20(17,18)11(14,15)16;1-7-3-2-4-8-5-6-9(12)11(13)10(7)8;/h4*1-15H;1-5H;2-6H,1H3;. The summed E-state index contributed by atoms with van der Waals surface area (Å²) in [4.78, 5) is 0. The molecule has 552 valence electrons. The number of hydrogen-bond donors (Lipinski definition) is 0. The molecule has 0 aliphatic heterocycles. The molecular formula is C94H73Cl4F3O3P4PdS. The largest absolute Gasteiger partial charge is 0.534 e. The minimum atomic E-state index is -5.77. The summed E-state index contributed by atoms with van der Waals surface area (Å²) in [6, 6.07) is 146. The van der Waals surface area contributed by atoms with Crippen LogP contribution in [0.5, 0.6) is 5.75 Å². The van der Waals surface area contributed by atoms with Crippen molar-refractivity contribution in [2.24, 2.45) is 0 Å². The summed E-state index contributed by atoms with van der Waals surface area (Å²) < 4.78 is 63.2. The molecule has 16 rings (SSSR count). The predicted octanol–water partition coefficient (Wildman–Crippen LogP) is 22.6. The SMILES string of the molecule is Cc1cccc2ccc(Cl)c(Cl)c12.O=S(=O)(Oc1cccc2ccc(Cl)c(Cl)c12)C(F)(F)F.[Pd].c1ccc(P(c2ccccc2)c2ccccc2)cc1.c1ccc(P(c2ccccc2)c2ccccc2)cc1.c1ccc(P(c2ccccc2)c2ccccc2)cc1.c1ccc(P(c2ccccc2)c2ccccc2)cc1. The van der Waals surface area contributed by atoms with Gasteiger partial charge < -0.3 is 4.18 Å². The zero-order valence-corrected chi connectivity index (χ0v) is 68.3. The maximum Gasteiger partial charge on any atom is 0.534 e. The Morgan fingerprint density at radius 2 is 0.445 bits per heavy atom. The van der Waals surface area contributed by atoms with Crippen LogP contribution in [0.3, 0.4) is 0 Å². The van der Waals surface area contributed by atoms with Gasteiger partial charge >= 0.3 is 15.6 Å². The van der Waals surface area contributed by atoms with Crippen molar-refractivity contribution in [2.75, 3.05) is 0 Å². The summed E-state index contributed by atoms with van der Waals surface area (Å²) in [6.45, 7) is 2.03. The molecule has 0 unspecified atom stereocenters. The second-order valence-electron chi connectivity index (χ2n) is 24.1. The molecule has 0 amide bonds. The fraction of sp³-hybridized carbons (Fsp3) is 0.0213. The van der Waals surface area contributed by atoms with Gasteiger partial charge in [0.25, 0.3) is 0 Å². The van der Waals surface area contributed by atoms with Crippen LogP contribution in [0.25, 0.3) is 21.5 Å². The number of fused-ring (bicyclic) bond motifs is 2. The van der Waals surface area contributed by atoms with E-state index < -0.39 is 53.1 Å². The Labute approximate surface area is 682 Å². The van der Waals surface area contributed by atoms with Gasteiger partial charge in [-0.3, -0.25) is 0 Å².